The number of rotatable bonds is 3. The summed E-state index contributed by atoms with van der Waals surface area (Å²) in [6.07, 6.45) is -1.10. The Balaban J connectivity index is 2.68. The molecule has 0 aliphatic heterocycles. The van der Waals surface area contributed by atoms with Crippen molar-refractivity contribution in [3.8, 4) is 0 Å². The Morgan fingerprint density at radius 3 is 2.55 bits per heavy atom. The van der Waals surface area contributed by atoms with E-state index in [0.717, 1.165) is 0 Å². The highest BCUT2D eigenvalue weighted by molar-refractivity contribution is 7.17. The van der Waals surface area contributed by atoms with Gasteiger partial charge in [0.2, 0.25) is 0 Å². The average Bonchev–Trinajstić information content (AvgIpc) is 2.07. The van der Waals surface area contributed by atoms with Gasteiger partial charge in [0.05, 0.1) is 0 Å². The minimum absolute atomic E-state index is 0.516. The van der Waals surface area contributed by atoms with E-state index in [1.165, 1.54) is 0 Å². The van der Waals surface area contributed by atoms with Crippen LogP contribution in [0, 0.1) is 0 Å². The molecule has 1 N–H and O–H groups in total. The summed E-state index contributed by atoms with van der Waals surface area (Å²) in [5.41, 5.74) is 0.593. The lowest BCUT2D eigenvalue weighted by molar-refractivity contribution is -0.00923. The van der Waals surface area contributed by atoms with Crippen LogP contribution in [0.3, 0.4) is 0 Å². The first kappa shape index (κ1) is 8.34. The molecule has 0 radical (unpaired) electrons. The molecule has 1 aromatic carbocycles. The fourth-order valence-corrected chi connectivity index (χ4v) is 0.923. The Morgan fingerprint density at radius 2 is 2.00 bits per heavy atom. The van der Waals surface area contributed by atoms with Crippen molar-refractivity contribution in [1.82, 2.24) is 0 Å². The predicted octanol–water partition coefficient (Wildman–Crippen LogP) is 1.90. The van der Waals surface area contributed by atoms with Crippen molar-refractivity contribution in [2.45, 2.75) is 6.29 Å². The first-order valence-corrected chi connectivity index (χ1v) is 3.79. The summed E-state index contributed by atoms with van der Waals surface area (Å²) in [5.74, 6) is 0. The minimum Gasteiger partial charge on any atom is -0.364 e. The van der Waals surface area contributed by atoms with Crippen LogP contribution in [0.5, 0.6) is 0 Å². The van der Waals surface area contributed by atoms with Crippen LogP contribution >= 0.6 is 8.69 Å². The van der Waals surface area contributed by atoms with Crippen LogP contribution in [0.2, 0.25) is 0 Å². The zero-order chi connectivity index (χ0) is 8.10. The van der Waals surface area contributed by atoms with E-state index in [4.69, 9.17) is 5.11 Å². The maximum Gasteiger partial charge on any atom is 0.330 e. The van der Waals surface area contributed by atoms with Crippen molar-refractivity contribution in [3.63, 3.8) is 0 Å². The number of aliphatic hydroxyl groups excluding tert-OH is 1. The van der Waals surface area contributed by atoms with E-state index in [2.05, 4.69) is 4.52 Å². The third kappa shape index (κ3) is 2.39. The number of aliphatic hydroxyl groups is 1. The fraction of sp³-hybridized carbons (Fsp3) is 0.143. The first-order valence-electron chi connectivity index (χ1n) is 3.06. The normalized spacial score (nSPS) is 13.2. The zero-order valence-electron chi connectivity index (χ0n) is 5.68. The summed E-state index contributed by atoms with van der Waals surface area (Å²) in [4.78, 5) is 0. The molecule has 1 atom stereocenters. The van der Waals surface area contributed by atoms with Gasteiger partial charge in [-0.25, -0.2) is 4.57 Å². The molecule has 0 aliphatic rings. The lowest BCUT2D eigenvalue weighted by Gasteiger charge is -2.04. The van der Waals surface area contributed by atoms with Crippen molar-refractivity contribution in [2.75, 3.05) is 0 Å². The molecule has 1 unspecified atom stereocenters. The molecule has 0 aliphatic carbocycles. The molecule has 0 saturated heterocycles. The van der Waals surface area contributed by atoms with E-state index in [1.54, 1.807) is 24.3 Å². The van der Waals surface area contributed by atoms with Crippen molar-refractivity contribution in [3.05, 3.63) is 35.9 Å². The topological polar surface area (TPSA) is 46.5 Å². The molecular weight excluding hydrogens is 163 g/mol. The predicted molar refractivity (Wildman–Crippen MR) is 40.1 cm³/mol. The van der Waals surface area contributed by atoms with Crippen molar-refractivity contribution < 1.29 is 14.2 Å². The van der Waals surface area contributed by atoms with Crippen LogP contribution in [-0.4, -0.2) is 5.11 Å². The molecule has 0 bridgehead atoms. The summed E-state index contributed by atoms with van der Waals surface area (Å²) in [5, 5.41) is 9.09. The Labute approximate surface area is 65.9 Å². The van der Waals surface area contributed by atoms with Gasteiger partial charge in [0.15, 0.2) is 6.29 Å². The first-order chi connectivity index (χ1) is 5.34. The SMILES string of the molecule is O=POC(O)c1ccccc1. The lowest BCUT2D eigenvalue weighted by Crippen LogP contribution is -1.94. The second-order valence-corrected chi connectivity index (χ2v) is 2.30. The average molecular weight is 170 g/mol. The van der Waals surface area contributed by atoms with Crippen molar-refractivity contribution in [1.29, 1.82) is 0 Å². The Bertz CT molecular complexity index is 224. The highest BCUT2D eigenvalue weighted by atomic mass is 31.1. The number of hydrogen-bond acceptors (Lipinski definition) is 3. The van der Waals surface area contributed by atoms with E-state index in [-0.39, 0.29) is 0 Å². The number of hydrogen-bond donors (Lipinski definition) is 1. The monoisotopic (exact) mass is 170 g/mol. The Kier molecular flexibility index (Phi) is 3.17. The van der Waals surface area contributed by atoms with Gasteiger partial charge in [-0.1, -0.05) is 30.3 Å². The molecule has 0 heterocycles. The highest BCUT2D eigenvalue weighted by Gasteiger charge is 2.05. The molecule has 0 aromatic heterocycles. The van der Waals surface area contributed by atoms with Gasteiger partial charge in [-0.2, -0.15) is 0 Å². The summed E-state index contributed by atoms with van der Waals surface area (Å²) < 4.78 is 14.3. The van der Waals surface area contributed by atoms with E-state index in [9.17, 15) is 4.57 Å². The highest BCUT2D eigenvalue weighted by Crippen LogP contribution is 2.17. The van der Waals surface area contributed by atoms with Gasteiger partial charge in [-0.05, 0) is 0 Å². The largest absolute Gasteiger partial charge is 0.364 e. The van der Waals surface area contributed by atoms with Gasteiger partial charge in [0.25, 0.3) is 0 Å². The van der Waals surface area contributed by atoms with Crippen molar-refractivity contribution >= 4 is 8.69 Å². The second-order valence-electron chi connectivity index (χ2n) is 1.94. The van der Waals surface area contributed by atoms with Gasteiger partial charge >= 0.3 is 8.69 Å². The standard InChI is InChI=1S/C7H7O3P/c8-7(10-11-9)6-4-2-1-3-5-6/h1-5,7-8H. The molecule has 0 fully saturated rings. The van der Waals surface area contributed by atoms with Crippen molar-refractivity contribution in [2.24, 2.45) is 0 Å². The third-order valence-electron chi connectivity index (χ3n) is 1.23. The molecule has 0 amide bonds. The van der Waals surface area contributed by atoms with Gasteiger partial charge in [0.1, 0.15) is 0 Å². The van der Waals surface area contributed by atoms with Crippen LogP contribution in [0.15, 0.2) is 30.3 Å². The molecule has 1 rings (SSSR count). The Morgan fingerprint density at radius 1 is 1.36 bits per heavy atom. The zero-order valence-corrected chi connectivity index (χ0v) is 6.57. The van der Waals surface area contributed by atoms with Gasteiger partial charge in [0, 0.05) is 5.56 Å². The lowest BCUT2D eigenvalue weighted by atomic mass is 10.2. The van der Waals surface area contributed by atoms with Crippen LogP contribution < -0.4 is 0 Å². The fourth-order valence-electron chi connectivity index (χ4n) is 0.719. The molecule has 3 nitrogen and oxygen atoms in total. The quantitative estimate of drug-likeness (QED) is 0.556. The summed E-state index contributed by atoms with van der Waals surface area (Å²) >= 11 is 0. The minimum atomic E-state index is -1.10. The van der Waals surface area contributed by atoms with Crippen LogP contribution in [0.25, 0.3) is 0 Å². The summed E-state index contributed by atoms with van der Waals surface area (Å²) in [6.45, 7) is 0. The van der Waals surface area contributed by atoms with Crippen LogP contribution in [0.1, 0.15) is 11.9 Å². The maximum absolute atomic E-state index is 9.90. The molecule has 0 saturated carbocycles. The van der Waals surface area contributed by atoms with E-state index >= 15 is 0 Å². The Hall–Kier alpha value is -0.760. The van der Waals surface area contributed by atoms with E-state index in [0.29, 0.717) is 5.56 Å². The maximum atomic E-state index is 9.90. The molecule has 1 aromatic rings. The smallest absolute Gasteiger partial charge is 0.330 e. The van der Waals surface area contributed by atoms with Gasteiger partial charge in [-0.15, -0.1) is 0 Å². The van der Waals surface area contributed by atoms with Crippen LogP contribution in [-0.2, 0) is 9.09 Å². The number of benzene rings is 1. The molecule has 11 heavy (non-hydrogen) atoms. The second kappa shape index (κ2) is 4.19. The van der Waals surface area contributed by atoms with Crippen LogP contribution in [0.4, 0.5) is 0 Å². The molecular formula is C7H7O3P. The summed E-state index contributed by atoms with van der Waals surface area (Å²) in [6, 6.07) is 8.74. The molecule has 4 heteroatoms. The third-order valence-corrected chi connectivity index (χ3v) is 1.51. The molecule has 58 valence electrons. The molecule has 0 spiro atoms. The van der Waals surface area contributed by atoms with Gasteiger partial charge < -0.3 is 5.11 Å². The van der Waals surface area contributed by atoms with E-state index < -0.39 is 15.0 Å². The van der Waals surface area contributed by atoms with E-state index in [1.807, 2.05) is 6.07 Å². The van der Waals surface area contributed by atoms with Gasteiger partial charge in [-0.3, -0.25) is 4.52 Å². The summed E-state index contributed by atoms with van der Waals surface area (Å²) in [7, 11) is -0.516.